The van der Waals surface area contributed by atoms with Gasteiger partial charge in [0.15, 0.2) is 0 Å². The Kier molecular flexibility index (Phi) is 3.33. The summed E-state index contributed by atoms with van der Waals surface area (Å²) in [5, 5.41) is 0.406. The normalized spacial score (nSPS) is 11.0. The maximum Gasteiger partial charge on any atom is 0.201 e. The molecule has 0 saturated heterocycles. The van der Waals surface area contributed by atoms with Crippen molar-refractivity contribution in [1.82, 2.24) is 4.98 Å². The molecule has 3 rings (SSSR count). The van der Waals surface area contributed by atoms with Gasteiger partial charge >= 0.3 is 0 Å². The minimum atomic E-state index is -0.955. The molecule has 1 aromatic heterocycles. The predicted octanol–water partition coefficient (Wildman–Crippen LogP) is 4.58. The van der Waals surface area contributed by atoms with Crippen LogP contribution in [0.25, 0.3) is 10.9 Å². The zero-order valence-corrected chi connectivity index (χ0v) is 12.0. The summed E-state index contributed by atoms with van der Waals surface area (Å²) in [7, 11) is 0. The highest BCUT2D eigenvalue weighted by atomic mass is 79.9. The van der Waals surface area contributed by atoms with Gasteiger partial charge in [-0.3, -0.25) is 4.79 Å². The molecule has 0 aliphatic carbocycles. The third-order valence-electron chi connectivity index (χ3n) is 3.12. The standard InChI is InChI=1S/C15H7BrF3NO/c16-7-3-11(18)14(12(19)4-7)15(21)10-6-20-13-5-8(17)1-2-9(10)13/h1-6,20H. The van der Waals surface area contributed by atoms with Crippen LogP contribution in [0.3, 0.4) is 0 Å². The average molecular weight is 354 g/mol. The zero-order valence-electron chi connectivity index (χ0n) is 10.4. The molecular formula is C15H7BrF3NO. The topological polar surface area (TPSA) is 32.9 Å². The number of halogens is 4. The molecule has 1 heterocycles. The van der Waals surface area contributed by atoms with Crippen molar-refractivity contribution in [3.8, 4) is 0 Å². The molecular weight excluding hydrogens is 347 g/mol. The highest BCUT2D eigenvalue weighted by molar-refractivity contribution is 9.10. The summed E-state index contributed by atoms with van der Waals surface area (Å²) in [6.07, 6.45) is 1.31. The zero-order chi connectivity index (χ0) is 15.1. The maximum absolute atomic E-state index is 13.9. The first kappa shape index (κ1) is 13.9. The summed E-state index contributed by atoms with van der Waals surface area (Å²) in [5.41, 5.74) is -0.162. The molecule has 3 aromatic rings. The number of carbonyl (C=O) groups is 1. The smallest absolute Gasteiger partial charge is 0.201 e. The van der Waals surface area contributed by atoms with E-state index in [4.69, 9.17) is 0 Å². The molecule has 21 heavy (non-hydrogen) atoms. The minimum absolute atomic E-state index is 0.0881. The number of aromatic nitrogens is 1. The molecule has 0 amide bonds. The van der Waals surface area contributed by atoms with E-state index in [1.807, 2.05) is 0 Å². The summed E-state index contributed by atoms with van der Waals surface area (Å²) in [6.45, 7) is 0. The van der Waals surface area contributed by atoms with Crippen molar-refractivity contribution in [3.63, 3.8) is 0 Å². The predicted molar refractivity (Wildman–Crippen MR) is 75.7 cm³/mol. The summed E-state index contributed by atoms with van der Waals surface area (Å²) < 4.78 is 41.0. The van der Waals surface area contributed by atoms with Gasteiger partial charge in [-0.25, -0.2) is 13.2 Å². The van der Waals surface area contributed by atoms with E-state index < -0.39 is 28.8 Å². The van der Waals surface area contributed by atoms with E-state index in [2.05, 4.69) is 20.9 Å². The molecule has 0 fully saturated rings. The van der Waals surface area contributed by atoms with Crippen LogP contribution < -0.4 is 0 Å². The van der Waals surface area contributed by atoms with E-state index in [0.29, 0.717) is 10.9 Å². The fourth-order valence-corrected chi connectivity index (χ4v) is 2.58. The molecule has 2 nitrogen and oxygen atoms in total. The van der Waals surface area contributed by atoms with Crippen molar-refractivity contribution in [3.05, 3.63) is 69.6 Å². The number of aromatic amines is 1. The second-order valence-corrected chi connectivity index (χ2v) is 5.38. The Hall–Kier alpha value is -2.08. The van der Waals surface area contributed by atoms with Gasteiger partial charge in [0.2, 0.25) is 5.78 Å². The largest absolute Gasteiger partial charge is 0.360 e. The SMILES string of the molecule is O=C(c1c(F)cc(Br)cc1F)c1c[nH]c2cc(F)ccc12. The molecule has 0 spiro atoms. The molecule has 106 valence electrons. The molecule has 0 aliphatic rings. The Morgan fingerprint density at radius 3 is 2.38 bits per heavy atom. The first-order chi connectivity index (χ1) is 9.97. The van der Waals surface area contributed by atoms with Gasteiger partial charge in [-0.1, -0.05) is 15.9 Å². The van der Waals surface area contributed by atoms with E-state index in [-0.39, 0.29) is 10.0 Å². The lowest BCUT2D eigenvalue weighted by Crippen LogP contribution is -2.07. The molecule has 0 bridgehead atoms. The van der Waals surface area contributed by atoms with E-state index in [1.165, 1.54) is 24.4 Å². The van der Waals surface area contributed by atoms with E-state index >= 15 is 0 Å². The molecule has 2 aromatic carbocycles. The molecule has 0 atom stereocenters. The maximum atomic E-state index is 13.9. The van der Waals surface area contributed by atoms with Crippen LogP contribution >= 0.6 is 15.9 Å². The van der Waals surface area contributed by atoms with Crippen molar-refractivity contribution >= 4 is 32.6 Å². The third kappa shape index (κ3) is 2.35. The fraction of sp³-hybridized carbons (Fsp3) is 0. The van der Waals surface area contributed by atoms with Crippen LogP contribution in [-0.2, 0) is 0 Å². The van der Waals surface area contributed by atoms with Crippen LogP contribution in [0.5, 0.6) is 0 Å². The van der Waals surface area contributed by atoms with Crippen molar-refractivity contribution in [1.29, 1.82) is 0 Å². The van der Waals surface area contributed by atoms with Gasteiger partial charge in [-0.2, -0.15) is 0 Å². The van der Waals surface area contributed by atoms with E-state index in [9.17, 15) is 18.0 Å². The fourth-order valence-electron chi connectivity index (χ4n) is 2.18. The third-order valence-corrected chi connectivity index (χ3v) is 3.58. The number of fused-ring (bicyclic) bond motifs is 1. The van der Waals surface area contributed by atoms with E-state index in [1.54, 1.807) is 0 Å². The van der Waals surface area contributed by atoms with Crippen molar-refractivity contribution in [2.75, 3.05) is 0 Å². The number of carbonyl (C=O) groups excluding carboxylic acids is 1. The van der Waals surface area contributed by atoms with Crippen LogP contribution in [0.2, 0.25) is 0 Å². The molecule has 0 unspecified atom stereocenters. The Labute approximate surface area is 125 Å². The number of H-pyrrole nitrogens is 1. The molecule has 6 heteroatoms. The Balaban J connectivity index is 2.18. The molecule has 1 N–H and O–H groups in total. The second kappa shape index (κ2) is 5.04. The second-order valence-electron chi connectivity index (χ2n) is 4.47. The van der Waals surface area contributed by atoms with Gasteiger partial charge in [-0.15, -0.1) is 0 Å². The molecule has 0 radical (unpaired) electrons. The monoisotopic (exact) mass is 353 g/mol. The van der Waals surface area contributed by atoms with Crippen LogP contribution in [0, 0.1) is 17.5 Å². The Morgan fingerprint density at radius 2 is 1.71 bits per heavy atom. The van der Waals surface area contributed by atoms with Crippen molar-refractivity contribution < 1.29 is 18.0 Å². The lowest BCUT2D eigenvalue weighted by Gasteiger charge is -2.04. The number of benzene rings is 2. The number of hydrogen-bond donors (Lipinski definition) is 1. The summed E-state index contributed by atoms with van der Waals surface area (Å²) in [4.78, 5) is 15.1. The van der Waals surface area contributed by atoms with Gasteiger partial charge in [0.25, 0.3) is 0 Å². The lowest BCUT2D eigenvalue weighted by molar-refractivity contribution is 0.103. The summed E-state index contributed by atoms with van der Waals surface area (Å²) in [5.74, 6) is -3.17. The number of ketones is 1. The summed E-state index contributed by atoms with van der Waals surface area (Å²) >= 11 is 2.95. The highest BCUT2D eigenvalue weighted by Gasteiger charge is 2.22. The Bertz CT molecular complexity index is 849. The molecule has 0 aliphatic heterocycles. The average Bonchev–Trinajstić information content (AvgIpc) is 2.80. The highest BCUT2D eigenvalue weighted by Crippen LogP contribution is 2.26. The number of nitrogens with one attached hydrogen (secondary N) is 1. The number of rotatable bonds is 2. The Morgan fingerprint density at radius 1 is 1.05 bits per heavy atom. The van der Waals surface area contributed by atoms with Crippen LogP contribution in [-0.4, -0.2) is 10.8 Å². The quantitative estimate of drug-likeness (QED) is 0.672. The molecule has 0 saturated carbocycles. The van der Waals surface area contributed by atoms with Gasteiger partial charge in [0.05, 0.1) is 5.56 Å². The first-order valence-corrected chi connectivity index (χ1v) is 6.72. The van der Waals surface area contributed by atoms with Gasteiger partial charge in [-0.05, 0) is 30.3 Å². The number of hydrogen-bond acceptors (Lipinski definition) is 1. The van der Waals surface area contributed by atoms with Crippen molar-refractivity contribution in [2.45, 2.75) is 0 Å². The van der Waals surface area contributed by atoms with E-state index in [0.717, 1.165) is 12.1 Å². The van der Waals surface area contributed by atoms with Crippen molar-refractivity contribution in [2.24, 2.45) is 0 Å². The minimum Gasteiger partial charge on any atom is -0.360 e. The van der Waals surface area contributed by atoms with Gasteiger partial charge in [0.1, 0.15) is 17.5 Å². The van der Waals surface area contributed by atoms with Crippen LogP contribution in [0.1, 0.15) is 15.9 Å². The van der Waals surface area contributed by atoms with Gasteiger partial charge in [0, 0.05) is 27.1 Å². The van der Waals surface area contributed by atoms with Crippen LogP contribution in [0.15, 0.2) is 41.0 Å². The van der Waals surface area contributed by atoms with Gasteiger partial charge < -0.3 is 4.98 Å². The lowest BCUT2D eigenvalue weighted by atomic mass is 10.0. The van der Waals surface area contributed by atoms with Crippen LogP contribution in [0.4, 0.5) is 13.2 Å². The first-order valence-electron chi connectivity index (χ1n) is 5.93. The summed E-state index contributed by atoms with van der Waals surface area (Å²) in [6, 6.07) is 5.82.